The van der Waals surface area contributed by atoms with Crippen LogP contribution >= 0.6 is 11.3 Å². The van der Waals surface area contributed by atoms with Gasteiger partial charge in [0, 0.05) is 11.3 Å². The molecule has 2 heterocycles. The van der Waals surface area contributed by atoms with E-state index in [4.69, 9.17) is 4.52 Å². The third-order valence-electron chi connectivity index (χ3n) is 3.86. The van der Waals surface area contributed by atoms with Crippen molar-refractivity contribution >= 4 is 50.8 Å². The van der Waals surface area contributed by atoms with Crippen LogP contribution in [-0.2, 0) is 14.8 Å². The molecule has 0 radical (unpaired) electrons. The van der Waals surface area contributed by atoms with Crippen LogP contribution in [0.25, 0.3) is 12.2 Å². The number of carbonyl (C=O) groups is 1. The molecule has 0 fully saturated rings. The van der Waals surface area contributed by atoms with Gasteiger partial charge in [-0.15, -0.1) is 11.3 Å². The third kappa shape index (κ3) is 4.90. The Morgan fingerprint density at radius 3 is 2.72 bits per heavy atom. The molecule has 0 aliphatic heterocycles. The Balaban J connectivity index is 1.79. The number of nitrogens with one attached hydrogen (secondary N) is 2. The van der Waals surface area contributed by atoms with E-state index in [9.17, 15) is 17.6 Å². The van der Waals surface area contributed by atoms with Gasteiger partial charge in [-0.3, -0.25) is 9.52 Å². The molecule has 2 aromatic heterocycles. The summed E-state index contributed by atoms with van der Waals surface area (Å²) in [5.74, 6) is -0.476. The van der Waals surface area contributed by atoms with Gasteiger partial charge < -0.3 is 9.84 Å². The van der Waals surface area contributed by atoms with Crippen molar-refractivity contribution in [2.45, 2.75) is 24.5 Å². The molecule has 1 amide bonds. The maximum absolute atomic E-state index is 13.7. The highest BCUT2D eigenvalue weighted by Gasteiger charge is 2.18. The highest BCUT2D eigenvalue weighted by Crippen LogP contribution is 2.28. The van der Waals surface area contributed by atoms with E-state index in [1.165, 1.54) is 30.3 Å². The summed E-state index contributed by atoms with van der Waals surface area (Å²) in [6.45, 7) is 3.44. The van der Waals surface area contributed by atoms with Crippen molar-refractivity contribution in [2.24, 2.45) is 0 Å². The molecule has 3 rings (SSSR count). The van der Waals surface area contributed by atoms with Crippen molar-refractivity contribution in [3.63, 3.8) is 0 Å². The molecule has 2 N–H and O–H groups in total. The fourth-order valence-corrected chi connectivity index (χ4v) is 4.64. The molecule has 0 bridgehead atoms. The normalized spacial score (nSPS) is 11.7. The number of para-hydroxylation sites is 1. The quantitative estimate of drug-likeness (QED) is 0.569. The number of halogens is 1. The minimum atomic E-state index is -3.92. The standard InChI is InChI=1S/C19H18FN3O4S2/c1-3-17(24)21-19-12(2)22-27-16(19)10-8-13-9-11-18(28-13)29(25,26)23-15-7-5-4-6-14(15)20/h4-11,23H,3H2,1-2H3,(H,21,24). The molecule has 152 valence electrons. The smallest absolute Gasteiger partial charge is 0.271 e. The third-order valence-corrected chi connectivity index (χ3v) is 6.77. The number of nitrogens with zero attached hydrogens (tertiary/aromatic N) is 1. The molecule has 0 unspecified atom stereocenters. The number of benzene rings is 1. The molecular weight excluding hydrogens is 417 g/mol. The van der Waals surface area contributed by atoms with Gasteiger partial charge in [-0.2, -0.15) is 0 Å². The number of hydrogen-bond donors (Lipinski definition) is 2. The van der Waals surface area contributed by atoms with Crippen LogP contribution in [0.2, 0.25) is 0 Å². The van der Waals surface area contributed by atoms with E-state index in [2.05, 4.69) is 15.2 Å². The SMILES string of the molecule is CCC(=O)Nc1c(C)noc1C=Cc1ccc(S(=O)(=O)Nc2ccccc2F)s1. The molecular formula is C19H18FN3O4S2. The predicted molar refractivity (Wildman–Crippen MR) is 111 cm³/mol. The zero-order valence-electron chi connectivity index (χ0n) is 15.6. The van der Waals surface area contributed by atoms with E-state index in [1.807, 2.05) is 0 Å². The fourth-order valence-electron chi connectivity index (χ4n) is 2.35. The maximum atomic E-state index is 13.7. The lowest BCUT2D eigenvalue weighted by molar-refractivity contribution is -0.115. The first-order valence-electron chi connectivity index (χ1n) is 8.61. The van der Waals surface area contributed by atoms with Gasteiger partial charge >= 0.3 is 0 Å². The van der Waals surface area contributed by atoms with Crippen LogP contribution in [0, 0.1) is 12.7 Å². The number of anilines is 2. The van der Waals surface area contributed by atoms with Crippen LogP contribution in [0.3, 0.4) is 0 Å². The van der Waals surface area contributed by atoms with Crippen molar-refractivity contribution in [2.75, 3.05) is 10.0 Å². The average Bonchev–Trinajstić information content (AvgIpc) is 3.30. The highest BCUT2D eigenvalue weighted by atomic mass is 32.2. The Bertz CT molecular complexity index is 1170. The number of amides is 1. The number of rotatable bonds is 7. The first kappa shape index (κ1) is 20.7. The molecule has 7 nitrogen and oxygen atoms in total. The number of thiophene rings is 1. The highest BCUT2D eigenvalue weighted by molar-refractivity contribution is 7.94. The second kappa shape index (κ2) is 8.58. The van der Waals surface area contributed by atoms with Gasteiger partial charge in [0.2, 0.25) is 5.91 Å². The number of aryl methyl sites for hydroxylation is 1. The molecule has 0 atom stereocenters. The lowest BCUT2D eigenvalue weighted by Gasteiger charge is -2.06. The molecule has 0 spiro atoms. The minimum absolute atomic E-state index is 0.0358. The molecule has 10 heteroatoms. The van der Waals surface area contributed by atoms with Crippen molar-refractivity contribution < 1.29 is 22.1 Å². The van der Waals surface area contributed by atoms with E-state index in [-0.39, 0.29) is 15.8 Å². The average molecular weight is 436 g/mol. The van der Waals surface area contributed by atoms with Crippen molar-refractivity contribution in [1.29, 1.82) is 0 Å². The van der Waals surface area contributed by atoms with Gasteiger partial charge in [-0.1, -0.05) is 24.2 Å². The Morgan fingerprint density at radius 2 is 2.00 bits per heavy atom. The van der Waals surface area contributed by atoms with Crippen LogP contribution in [0.4, 0.5) is 15.8 Å². The number of sulfonamides is 1. The molecule has 1 aromatic carbocycles. The topological polar surface area (TPSA) is 101 Å². The van der Waals surface area contributed by atoms with Gasteiger partial charge in [-0.05, 0) is 43.3 Å². The maximum Gasteiger partial charge on any atom is 0.271 e. The van der Waals surface area contributed by atoms with Crippen LogP contribution in [-0.4, -0.2) is 19.5 Å². The van der Waals surface area contributed by atoms with E-state index in [1.54, 1.807) is 32.1 Å². The Hall–Kier alpha value is -2.98. The van der Waals surface area contributed by atoms with Gasteiger partial charge in [0.1, 0.15) is 21.4 Å². The molecule has 0 aliphatic carbocycles. The zero-order valence-corrected chi connectivity index (χ0v) is 17.2. The second-order valence-electron chi connectivity index (χ2n) is 5.98. The molecule has 3 aromatic rings. The molecule has 0 aliphatic rings. The van der Waals surface area contributed by atoms with Crippen LogP contribution < -0.4 is 10.0 Å². The predicted octanol–water partition coefficient (Wildman–Crippen LogP) is 4.50. The molecule has 0 saturated carbocycles. The summed E-state index contributed by atoms with van der Waals surface area (Å²) in [5, 5.41) is 6.56. The number of carbonyl (C=O) groups excluding carboxylic acids is 1. The van der Waals surface area contributed by atoms with Gasteiger partial charge in [0.15, 0.2) is 5.76 Å². The second-order valence-corrected chi connectivity index (χ2v) is 9.01. The van der Waals surface area contributed by atoms with Gasteiger partial charge in [-0.25, -0.2) is 12.8 Å². The molecule has 29 heavy (non-hydrogen) atoms. The zero-order chi connectivity index (χ0) is 21.0. The lowest BCUT2D eigenvalue weighted by atomic mass is 10.2. The van der Waals surface area contributed by atoms with E-state index in [0.29, 0.717) is 28.4 Å². The summed E-state index contributed by atoms with van der Waals surface area (Å²) in [6, 6.07) is 8.58. The van der Waals surface area contributed by atoms with E-state index in [0.717, 1.165) is 11.3 Å². The number of hydrogen-bond acceptors (Lipinski definition) is 6. The van der Waals surface area contributed by atoms with Gasteiger partial charge in [0.05, 0.1) is 5.69 Å². The summed E-state index contributed by atoms with van der Waals surface area (Å²) in [7, 11) is -3.92. The van der Waals surface area contributed by atoms with E-state index < -0.39 is 15.8 Å². The Kier molecular flexibility index (Phi) is 6.14. The Morgan fingerprint density at radius 1 is 1.24 bits per heavy atom. The Labute approximate surface area is 171 Å². The van der Waals surface area contributed by atoms with Gasteiger partial charge in [0.25, 0.3) is 10.0 Å². The first-order valence-corrected chi connectivity index (χ1v) is 10.9. The summed E-state index contributed by atoms with van der Waals surface area (Å²) >= 11 is 1.01. The minimum Gasteiger partial charge on any atom is -0.354 e. The summed E-state index contributed by atoms with van der Waals surface area (Å²) in [4.78, 5) is 12.3. The van der Waals surface area contributed by atoms with Crippen molar-refractivity contribution in [1.82, 2.24) is 5.16 Å². The lowest BCUT2D eigenvalue weighted by Crippen LogP contribution is -2.12. The monoisotopic (exact) mass is 435 g/mol. The first-order chi connectivity index (χ1) is 13.8. The summed E-state index contributed by atoms with van der Waals surface area (Å²) in [5.41, 5.74) is 0.889. The van der Waals surface area contributed by atoms with Crippen molar-refractivity contribution in [3.05, 3.63) is 58.5 Å². The fraction of sp³-hybridized carbons (Fsp3) is 0.158. The molecule has 0 saturated heterocycles. The van der Waals surface area contributed by atoms with Crippen molar-refractivity contribution in [3.8, 4) is 0 Å². The number of aromatic nitrogens is 1. The summed E-state index contributed by atoms with van der Waals surface area (Å²) in [6.07, 6.45) is 3.56. The van der Waals surface area contributed by atoms with Crippen LogP contribution in [0.15, 0.2) is 45.1 Å². The largest absolute Gasteiger partial charge is 0.354 e. The van der Waals surface area contributed by atoms with Crippen LogP contribution in [0.5, 0.6) is 0 Å². The van der Waals surface area contributed by atoms with Crippen LogP contribution in [0.1, 0.15) is 29.7 Å². The summed E-state index contributed by atoms with van der Waals surface area (Å²) < 4.78 is 46.2. The van der Waals surface area contributed by atoms with E-state index >= 15 is 0 Å².